The van der Waals surface area contributed by atoms with Gasteiger partial charge in [-0.15, -0.1) is 0 Å². The zero-order valence-corrected chi connectivity index (χ0v) is 21.2. The molecule has 2 amide bonds. The van der Waals surface area contributed by atoms with Crippen LogP contribution in [0.25, 0.3) is 10.9 Å². The number of rotatable bonds is 7. The number of carbonyl (C=O) groups excluding carboxylic acids is 3. The van der Waals surface area contributed by atoms with Crippen LogP contribution in [0.1, 0.15) is 68.8 Å². The Morgan fingerprint density at radius 3 is 2.81 bits per heavy atom. The lowest BCUT2D eigenvalue weighted by molar-refractivity contribution is -0.129. The summed E-state index contributed by atoms with van der Waals surface area (Å²) in [6, 6.07) is 6.33. The van der Waals surface area contributed by atoms with Crippen LogP contribution in [-0.2, 0) is 9.59 Å². The van der Waals surface area contributed by atoms with E-state index < -0.39 is 18.2 Å². The summed E-state index contributed by atoms with van der Waals surface area (Å²) in [6.07, 6.45) is 5.94. The highest BCUT2D eigenvalue weighted by Crippen LogP contribution is 2.43. The minimum absolute atomic E-state index is 0.110. The van der Waals surface area contributed by atoms with E-state index in [1.807, 2.05) is 18.2 Å². The number of ketones is 1. The smallest absolute Gasteiger partial charge is 0.271 e. The first-order valence-electron chi connectivity index (χ1n) is 13.3. The molecule has 6 unspecified atom stereocenters. The summed E-state index contributed by atoms with van der Waals surface area (Å²) in [5, 5.41) is 14.4. The van der Waals surface area contributed by atoms with Gasteiger partial charge >= 0.3 is 0 Å². The fraction of sp³-hybridized carbons (Fsp3) is 0.607. The monoisotopic (exact) mass is 495 g/mol. The average Bonchev–Trinajstić information content (AvgIpc) is 3.58. The molecule has 8 heteroatoms. The third-order valence-corrected chi connectivity index (χ3v) is 8.62. The van der Waals surface area contributed by atoms with Gasteiger partial charge in [-0.1, -0.05) is 18.9 Å². The minimum Gasteiger partial charge on any atom is -0.496 e. The molecule has 194 valence electrons. The van der Waals surface area contributed by atoms with Gasteiger partial charge in [0.2, 0.25) is 5.91 Å². The van der Waals surface area contributed by atoms with Gasteiger partial charge in [0, 0.05) is 29.8 Å². The number of benzene rings is 1. The molecule has 6 atom stereocenters. The quantitative estimate of drug-likeness (QED) is 0.545. The molecule has 2 heterocycles. The Kier molecular flexibility index (Phi) is 7.06. The van der Waals surface area contributed by atoms with Crippen LogP contribution in [0.4, 0.5) is 0 Å². The van der Waals surface area contributed by atoms with E-state index in [1.54, 1.807) is 25.0 Å². The van der Waals surface area contributed by atoms with Crippen LogP contribution in [0.3, 0.4) is 0 Å². The molecule has 1 aromatic heterocycles. The Morgan fingerprint density at radius 2 is 2.06 bits per heavy atom. The Labute approximate surface area is 211 Å². The van der Waals surface area contributed by atoms with Crippen LogP contribution >= 0.6 is 0 Å². The van der Waals surface area contributed by atoms with Crippen molar-refractivity contribution < 1.29 is 24.2 Å². The molecule has 0 bridgehead atoms. The summed E-state index contributed by atoms with van der Waals surface area (Å²) >= 11 is 0. The highest BCUT2D eigenvalue weighted by molar-refractivity contribution is 6.02. The summed E-state index contributed by atoms with van der Waals surface area (Å²) in [4.78, 5) is 44.8. The number of methoxy groups -OCH3 is 1. The zero-order chi connectivity index (χ0) is 25.4. The van der Waals surface area contributed by atoms with Crippen LogP contribution < -0.4 is 10.1 Å². The standard InChI is InChI=1S/C28H37N3O5/c1-16(32)22(13-17-7-3-4-11-24(17)33)30-27(34)26-19-9-5-8-18(19)15-31(26)28(35)23-14-20-21(29-23)10-6-12-25(20)36-2/h6,10,12,14,16-19,22,26,29,32H,3-5,7-9,11,13,15H2,1-2H3,(H,30,34). The number of aliphatic hydroxyl groups is 1. The van der Waals surface area contributed by atoms with Crippen molar-refractivity contribution in [2.45, 2.75) is 76.5 Å². The van der Waals surface area contributed by atoms with Crippen LogP contribution in [0.5, 0.6) is 5.75 Å². The van der Waals surface area contributed by atoms with Gasteiger partial charge in [0.05, 0.1) is 19.3 Å². The Bertz CT molecular complexity index is 1140. The summed E-state index contributed by atoms with van der Waals surface area (Å²) in [5.74, 6) is 0.781. The molecule has 1 aromatic carbocycles. The second-order valence-corrected chi connectivity index (χ2v) is 10.9. The molecule has 3 N–H and O–H groups in total. The number of nitrogens with zero attached hydrogens (tertiary/aromatic N) is 1. The van der Waals surface area contributed by atoms with Crippen molar-refractivity contribution in [3.63, 3.8) is 0 Å². The number of nitrogens with one attached hydrogen (secondary N) is 2. The van der Waals surface area contributed by atoms with Gasteiger partial charge in [-0.25, -0.2) is 0 Å². The van der Waals surface area contributed by atoms with E-state index in [9.17, 15) is 19.5 Å². The van der Waals surface area contributed by atoms with Gasteiger partial charge in [0.1, 0.15) is 23.3 Å². The van der Waals surface area contributed by atoms with Crippen molar-refractivity contribution in [1.82, 2.24) is 15.2 Å². The Hall–Kier alpha value is -2.87. The molecule has 2 saturated carbocycles. The molecule has 0 spiro atoms. The predicted octanol–water partition coefficient (Wildman–Crippen LogP) is 3.43. The van der Waals surface area contributed by atoms with Crippen molar-refractivity contribution in [2.24, 2.45) is 17.8 Å². The van der Waals surface area contributed by atoms with Gasteiger partial charge in [0.25, 0.3) is 5.91 Å². The molecular formula is C28H37N3O5. The highest BCUT2D eigenvalue weighted by atomic mass is 16.5. The molecular weight excluding hydrogens is 458 g/mol. The molecule has 5 rings (SSSR count). The largest absolute Gasteiger partial charge is 0.496 e. The van der Waals surface area contributed by atoms with Crippen molar-refractivity contribution in [3.8, 4) is 5.75 Å². The van der Waals surface area contributed by atoms with Crippen LogP contribution in [0.2, 0.25) is 0 Å². The lowest BCUT2D eigenvalue weighted by Crippen LogP contribution is -2.53. The molecule has 3 fully saturated rings. The zero-order valence-electron chi connectivity index (χ0n) is 21.2. The number of hydrogen-bond acceptors (Lipinski definition) is 5. The molecule has 1 aliphatic heterocycles. The number of aromatic nitrogens is 1. The lowest BCUT2D eigenvalue weighted by atomic mass is 9.82. The van der Waals surface area contributed by atoms with E-state index in [-0.39, 0.29) is 29.4 Å². The van der Waals surface area contributed by atoms with E-state index in [0.717, 1.165) is 49.4 Å². The van der Waals surface area contributed by atoms with Crippen LogP contribution in [0.15, 0.2) is 24.3 Å². The predicted molar refractivity (Wildman–Crippen MR) is 136 cm³/mol. The van der Waals surface area contributed by atoms with Gasteiger partial charge in [0.15, 0.2) is 0 Å². The molecule has 2 aromatic rings. The first-order chi connectivity index (χ1) is 17.4. The minimum atomic E-state index is -0.783. The van der Waals surface area contributed by atoms with Crippen LogP contribution in [0, 0.1) is 17.8 Å². The van der Waals surface area contributed by atoms with E-state index >= 15 is 0 Å². The van der Waals surface area contributed by atoms with Gasteiger partial charge in [-0.2, -0.15) is 0 Å². The number of fused-ring (bicyclic) bond motifs is 2. The number of aliphatic hydroxyl groups excluding tert-OH is 1. The molecule has 8 nitrogen and oxygen atoms in total. The maximum Gasteiger partial charge on any atom is 0.271 e. The van der Waals surface area contributed by atoms with Crippen molar-refractivity contribution in [1.29, 1.82) is 0 Å². The normalized spacial score (nSPS) is 27.6. The first-order valence-corrected chi connectivity index (χ1v) is 13.3. The number of likely N-dealkylation sites (tertiary alicyclic amines) is 1. The third kappa shape index (κ3) is 4.63. The van der Waals surface area contributed by atoms with Gasteiger partial charge < -0.3 is 25.0 Å². The maximum atomic E-state index is 13.7. The first kappa shape index (κ1) is 24.8. The third-order valence-electron chi connectivity index (χ3n) is 8.62. The topological polar surface area (TPSA) is 112 Å². The van der Waals surface area contributed by atoms with E-state index in [0.29, 0.717) is 36.7 Å². The van der Waals surface area contributed by atoms with Crippen molar-refractivity contribution in [3.05, 3.63) is 30.0 Å². The van der Waals surface area contributed by atoms with Gasteiger partial charge in [-0.05, 0) is 69.1 Å². The number of hydrogen-bond donors (Lipinski definition) is 3. The summed E-state index contributed by atoms with van der Waals surface area (Å²) < 4.78 is 5.45. The number of carbonyl (C=O) groups is 3. The SMILES string of the molecule is COc1cccc2[nH]c(C(=O)N3CC4CCCC4C3C(=O)NC(CC3CCCCC3=O)C(C)O)cc12. The van der Waals surface area contributed by atoms with Gasteiger partial charge in [-0.3, -0.25) is 14.4 Å². The number of aromatic amines is 1. The second-order valence-electron chi connectivity index (χ2n) is 10.9. The Morgan fingerprint density at radius 1 is 1.22 bits per heavy atom. The van der Waals surface area contributed by atoms with Crippen LogP contribution in [-0.4, -0.2) is 64.4 Å². The highest BCUT2D eigenvalue weighted by Gasteiger charge is 2.50. The second kappa shape index (κ2) is 10.2. The molecule has 2 aliphatic carbocycles. The Balaban J connectivity index is 1.37. The molecule has 3 aliphatic rings. The fourth-order valence-electron chi connectivity index (χ4n) is 6.68. The van der Waals surface area contributed by atoms with Crippen molar-refractivity contribution >= 4 is 28.5 Å². The molecule has 36 heavy (non-hydrogen) atoms. The molecule has 0 radical (unpaired) electrons. The summed E-state index contributed by atoms with van der Waals surface area (Å²) in [6.45, 7) is 2.21. The average molecular weight is 496 g/mol. The fourth-order valence-corrected chi connectivity index (χ4v) is 6.68. The number of amides is 2. The maximum absolute atomic E-state index is 13.7. The van der Waals surface area contributed by atoms with E-state index in [2.05, 4.69) is 10.3 Å². The van der Waals surface area contributed by atoms with Crippen molar-refractivity contribution in [2.75, 3.05) is 13.7 Å². The number of Topliss-reactive ketones (excluding diaryl/α,β-unsaturated/α-hetero) is 1. The van der Waals surface area contributed by atoms with E-state index in [4.69, 9.17) is 4.74 Å². The van der Waals surface area contributed by atoms with E-state index in [1.165, 1.54) is 0 Å². The number of ether oxygens (including phenoxy) is 1. The number of H-pyrrole nitrogens is 1. The lowest BCUT2D eigenvalue weighted by Gasteiger charge is -2.32. The molecule has 1 saturated heterocycles. The summed E-state index contributed by atoms with van der Waals surface area (Å²) in [7, 11) is 1.60. The summed E-state index contributed by atoms with van der Waals surface area (Å²) in [5.41, 5.74) is 1.25.